The minimum atomic E-state index is -1.25. The lowest BCUT2D eigenvalue weighted by Gasteiger charge is -2.16. The standard InChI is InChI=1S/C10H13N5O5S/c16-1-3-5(17)6(18)9(20-3)15-2-11-4-7(15)12-10(14-19)13-8(4)21/h2-3,5-6,9,16-19H,1H2,(H2,12,13,14,21)/t3-,5-,6-,9-/m1/s1. The molecule has 0 aromatic carbocycles. The molecule has 1 aliphatic rings. The Labute approximate surface area is 122 Å². The van der Waals surface area contributed by atoms with Crippen molar-refractivity contribution in [2.75, 3.05) is 12.1 Å². The van der Waals surface area contributed by atoms with Crippen molar-refractivity contribution in [1.29, 1.82) is 0 Å². The molecule has 0 radical (unpaired) electrons. The van der Waals surface area contributed by atoms with Crippen molar-refractivity contribution in [2.45, 2.75) is 24.5 Å². The van der Waals surface area contributed by atoms with Crippen LogP contribution in [0.15, 0.2) is 6.33 Å². The quantitative estimate of drug-likeness (QED) is 0.306. The van der Waals surface area contributed by atoms with Gasteiger partial charge in [0.25, 0.3) is 0 Å². The summed E-state index contributed by atoms with van der Waals surface area (Å²) >= 11 is 5.04. The summed E-state index contributed by atoms with van der Waals surface area (Å²) in [5, 5.41) is 37.8. The molecule has 21 heavy (non-hydrogen) atoms. The first-order chi connectivity index (χ1) is 10.1. The van der Waals surface area contributed by atoms with Crippen LogP contribution in [0.5, 0.6) is 0 Å². The molecule has 4 atom stereocenters. The molecule has 114 valence electrons. The van der Waals surface area contributed by atoms with E-state index in [4.69, 9.17) is 27.3 Å². The average molecular weight is 315 g/mol. The molecule has 2 aromatic heterocycles. The highest BCUT2D eigenvalue weighted by atomic mass is 32.1. The number of aliphatic hydroxyl groups excluding tert-OH is 3. The Morgan fingerprint density at radius 3 is 2.81 bits per heavy atom. The summed E-state index contributed by atoms with van der Waals surface area (Å²) in [6, 6.07) is 0. The van der Waals surface area contributed by atoms with E-state index in [1.165, 1.54) is 10.9 Å². The van der Waals surface area contributed by atoms with Crippen molar-refractivity contribution in [3.63, 3.8) is 0 Å². The van der Waals surface area contributed by atoms with E-state index < -0.39 is 31.1 Å². The second kappa shape index (κ2) is 5.29. The van der Waals surface area contributed by atoms with E-state index in [1.807, 2.05) is 5.48 Å². The van der Waals surface area contributed by atoms with Gasteiger partial charge in [0, 0.05) is 0 Å². The maximum Gasteiger partial charge on any atom is 0.227 e. The van der Waals surface area contributed by atoms with E-state index in [0.717, 1.165) is 0 Å². The highest BCUT2D eigenvalue weighted by molar-refractivity contribution is 7.71. The number of nitrogens with zero attached hydrogens (tertiary/aromatic N) is 3. The molecule has 0 bridgehead atoms. The van der Waals surface area contributed by atoms with Gasteiger partial charge in [0.1, 0.15) is 29.5 Å². The Bertz CT molecular complexity index is 717. The molecule has 10 nitrogen and oxygen atoms in total. The number of aromatic nitrogens is 4. The monoisotopic (exact) mass is 315 g/mol. The smallest absolute Gasteiger partial charge is 0.227 e. The fourth-order valence-electron chi connectivity index (χ4n) is 2.29. The summed E-state index contributed by atoms with van der Waals surface area (Å²) < 4.78 is 6.97. The van der Waals surface area contributed by atoms with Gasteiger partial charge in [-0.1, -0.05) is 12.2 Å². The highest BCUT2D eigenvalue weighted by Gasteiger charge is 2.43. The normalized spacial score (nSPS) is 29.1. The number of aliphatic hydroxyl groups is 3. The van der Waals surface area contributed by atoms with E-state index >= 15 is 0 Å². The number of rotatable bonds is 3. The molecule has 1 aliphatic heterocycles. The molecule has 3 rings (SSSR count). The average Bonchev–Trinajstić information content (AvgIpc) is 3.02. The van der Waals surface area contributed by atoms with Crippen molar-refractivity contribution in [2.24, 2.45) is 0 Å². The lowest BCUT2D eigenvalue weighted by molar-refractivity contribution is -0.0511. The maximum absolute atomic E-state index is 10.0. The molecule has 2 aromatic rings. The van der Waals surface area contributed by atoms with Gasteiger partial charge >= 0.3 is 0 Å². The zero-order valence-corrected chi connectivity index (χ0v) is 11.4. The molecule has 0 unspecified atom stereocenters. The van der Waals surface area contributed by atoms with Crippen LogP contribution in [0.4, 0.5) is 5.95 Å². The van der Waals surface area contributed by atoms with Crippen molar-refractivity contribution in [1.82, 2.24) is 19.5 Å². The Kier molecular flexibility index (Phi) is 3.61. The van der Waals surface area contributed by atoms with Gasteiger partial charge in [0.2, 0.25) is 5.95 Å². The second-order valence-electron chi connectivity index (χ2n) is 4.58. The van der Waals surface area contributed by atoms with Crippen molar-refractivity contribution < 1.29 is 25.3 Å². The van der Waals surface area contributed by atoms with Crippen LogP contribution < -0.4 is 5.48 Å². The van der Waals surface area contributed by atoms with Crippen LogP contribution in [0.2, 0.25) is 0 Å². The Hall–Kier alpha value is -1.63. The molecule has 1 saturated heterocycles. The molecule has 1 fully saturated rings. The SMILES string of the molecule is OC[C@H]1O[C@@H](n2cnc3c(=S)nc(NO)[nH]c32)[C@H](O)[C@@H]1O. The van der Waals surface area contributed by atoms with Crippen LogP contribution in [0, 0.1) is 4.64 Å². The van der Waals surface area contributed by atoms with E-state index in [-0.39, 0.29) is 10.6 Å². The number of anilines is 1. The van der Waals surface area contributed by atoms with Gasteiger partial charge in [-0.15, -0.1) is 0 Å². The summed E-state index contributed by atoms with van der Waals surface area (Å²) in [4.78, 5) is 10.7. The molecular weight excluding hydrogens is 302 g/mol. The first kappa shape index (κ1) is 14.3. The third kappa shape index (κ3) is 2.19. The van der Waals surface area contributed by atoms with Crippen molar-refractivity contribution in [3.05, 3.63) is 11.0 Å². The summed E-state index contributed by atoms with van der Waals surface area (Å²) in [5.74, 6) is 0.000920. The van der Waals surface area contributed by atoms with Crippen molar-refractivity contribution >= 4 is 29.3 Å². The molecular formula is C10H13N5O5S. The molecule has 0 spiro atoms. The zero-order valence-electron chi connectivity index (χ0n) is 10.5. The number of H-pyrrole nitrogens is 1. The molecule has 3 heterocycles. The van der Waals surface area contributed by atoms with Crippen LogP contribution in [-0.2, 0) is 4.74 Å². The number of imidazole rings is 1. The van der Waals surface area contributed by atoms with Gasteiger partial charge in [-0.25, -0.2) is 10.5 Å². The van der Waals surface area contributed by atoms with Crippen LogP contribution in [0.3, 0.4) is 0 Å². The number of fused-ring (bicyclic) bond motifs is 1. The van der Waals surface area contributed by atoms with Gasteiger partial charge in [0.05, 0.1) is 12.9 Å². The van der Waals surface area contributed by atoms with Gasteiger partial charge in [0.15, 0.2) is 10.9 Å². The minimum absolute atomic E-state index is 0.000920. The number of hydrogen-bond donors (Lipinski definition) is 6. The number of nitrogens with one attached hydrogen (secondary N) is 2. The molecule has 11 heteroatoms. The maximum atomic E-state index is 10.0. The molecule has 0 aliphatic carbocycles. The predicted molar refractivity (Wildman–Crippen MR) is 71.1 cm³/mol. The second-order valence-corrected chi connectivity index (χ2v) is 4.97. The summed E-state index contributed by atoms with van der Waals surface area (Å²) in [6.07, 6.45) is -2.97. The topological polar surface area (TPSA) is 149 Å². The van der Waals surface area contributed by atoms with Gasteiger partial charge in [-0.2, -0.15) is 4.98 Å². The van der Waals surface area contributed by atoms with Crippen LogP contribution in [0.1, 0.15) is 6.23 Å². The van der Waals surface area contributed by atoms with Gasteiger partial charge in [-0.05, 0) is 0 Å². The highest BCUT2D eigenvalue weighted by Crippen LogP contribution is 2.31. The molecule has 0 saturated carbocycles. The minimum Gasteiger partial charge on any atom is -0.394 e. The Balaban J connectivity index is 2.09. The lowest BCUT2D eigenvalue weighted by Crippen LogP contribution is -2.33. The number of ether oxygens (including phenoxy) is 1. The first-order valence-electron chi connectivity index (χ1n) is 6.06. The number of hydrogen-bond acceptors (Lipinski definition) is 9. The first-order valence-corrected chi connectivity index (χ1v) is 6.47. The fraction of sp³-hybridized carbons (Fsp3) is 0.500. The Morgan fingerprint density at radius 2 is 2.19 bits per heavy atom. The largest absolute Gasteiger partial charge is 0.394 e. The summed E-state index contributed by atoms with van der Waals surface area (Å²) in [6.45, 7) is -0.428. The van der Waals surface area contributed by atoms with Crippen molar-refractivity contribution in [3.8, 4) is 0 Å². The van der Waals surface area contributed by atoms with E-state index in [1.54, 1.807) is 0 Å². The number of aromatic amines is 1. The Morgan fingerprint density at radius 1 is 1.43 bits per heavy atom. The van der Waals surface area contributed by atoms with Crippen LogP contribution >= 0.6 is 12.2 Å². The van der Waals surface area contributed by atoms with E-state index in [0.29, 0.717) is 11.2 Å². The zero-order chi connectivity index (χ0) is 15.1. The van der Waals surface area contributed by atoms with E-state index in [9.17, 15) is 10.2 Å². The molecule has 6 N–H and O–H groups in total. The third-order valence-corrected chi connectivity index (χ3v) is 3.63. The van der Waals surface area contributed by atoms with E-state index in [2.05, 4.69) is 15.0 Å². The summed E-state index contributed by atoms with van der Waals surface area (Å²) in [7, 11) is 0. The van der Waals surface area contributed by atoms with Gasteiger partial charge < -0.3 is 25.0 Å². The van der Waals surface area contributed by atoms with Gasteiger partial charge in [-0.3, -0.25) is 9.77 Å². The molecule has 0 amide bonds. The fourth-order valence-corrected chi connectivity index (χ4v) is 2.53. The third-order valence-electron chi connectivity index (χ3n) is 3.34. The summed E-state index contributed by atoms with van der Waals surface area (Å²) in [5.41, 5.74) is 2.54. The van der Waals surface area contributed by atoms with Crippen LogP contribution in [-0.4, -0.2) is 65.0 Å². The predicted octanol–water partition coefficient (Wildman–Crippen LogP) is -1.10. The van der Waals surface area contributed by atoms with Crippen LogP contribution in [0.25, 0.3) is 11.2 Å². The lowest BCUT2D eigenvalue weighted by atomic mass is 10.1.